The number of aromatic nitrogens is 1. The summed E-state index contributed by atoms with van der Waals surface area (Å²) in [5.74, 6) is 0. The first-order valence-corrected chi connectivity index (χ1v) is 18.7. The molecule has 0 bridgehead atoms. The summed E-state index contributed by atoms with van der Waals surface area (Å²) in [6, 6.07) is 44.0. The SMILES string of the molecule is O=S(=O)(c1ccccc1)N(Cc1ccccc1)Cc1ccccc1.O=S(=O)(c1ccccc1)N(Cc1cccnc1)Cc1cccs1. The molecular weight excluding hydrogens is 647 g/mol. The Hall–Kier alpha value is -4.45. The van der Waals surface area contributed by atoms with Gasteiger partial charge in [0.2, 0.25) is 20.0 Å². The quantitative estimate of drug-likeness (QED) is 0.133. The molecule has 0 aliphatic carbocycles. The van der Waals surface area contributed by atoms with Gasteiger partial charge in [-0.25, -0.2) is 16.8 Å². The minimum atomic E-state index is -3.56. The molecule has 6 aromatic rings. The second-order valence-corrected chi connectivity index (χ2v) is 15.5. The molecule has 7 nitrogen and oxygen atoms in total. The minimum Gasteiger partial charge on any atom is -0.264 e. The molecule has 10 heteroatoms. The number of hydrogen-bond donors (Lipinski definition) is 0. The molecule has 0 aliphatic rings. The Bertz CT molecular complexity index is 1950. The van der Waals surface area contributed by atoms with E-state index in [0.717, 1.165) is 21.6 Å². The highest BCUT2D eigenvalue weighted by Crippen LogP contribution is 2.23. The number of hydrogen-bond acceptors (Lipinski definition) is 6. The predicted octanol–water partition coefficient (Wildman–Crippen LogP) is 7.61. The van der Waals surface area contributed by atoms with Crippen LogP contribution >= 0.6 is 11.3 Å². The van der Waals surface area contributed by atoms with Gasteiger partial charge in [0.25, 0.3) is 0 Å². The fraction of sp³-hybridized carbons (Fsp3) is 0.108. The Morgan fingerprint density at radius 3 is 1.32 bits per heavy atom. The highest BCUT2D eigenvalue weighted by Gasteiger charge is 2.26. The Morgan fingerprint density at radius 1 is 0.468 bits per heavy atom. The highest BCUT2D eigenvalue weighted by atomic mass is 32.2. The van der Waals surface area contributed by atoms with E-state index in [1.807, 2.05) is 102 Å². The molecule has 2 aromatic heterocycles. The zero-order chi connectivity index (χ0) is 33.0. The van der Waals surface area contributed by atoms with E-state index in [-0.39, 0.29) is 0 Å². The van der Waals surface area contributed by atoms with E-state index >= 15 is 0 Å². The summed E-state index contributed by atoms with van der Waals surface area (Å²) in [7, 11) is -7.13. The third-order valence-corrected chi connectivity index (χ3v) is 11.6. The summed E-state index contributed by atoms with van der Waals surface area (Å²) in [5.41, 5.74) is 2.80. The zero-order valence-electron chi connectivity index (χ0n) is 25.6. The van der Waals surface area contributed by atoms with Crippen molar-refractivity contribution in [2.75, 3.05) is 0 Å². The van der Waals surface area contributed by atoms with Gasteiger partial charge >= 0.3 is 0 Å². The van der Waals surface area contributed by atoms with Crippen molar-refractivity contribution in [1.29, 1.82) is 0 Å². The zero-order valence-corrected chi connectivity index (χ0v) is 28.1. The van der Waals surface area contributed by atoms with Crippen molar-refractivity contribution in [1.82, 2.24) is 13.6 Å². The smallest absolute Gasteiger partial charge is 0.243 e. The van der Waals surface area contributed by atoms with E-state index in [9.17, 15) is 16.8 Å². The minimum absolute atomic E-state index is 0.295. The average molecular weight is 682 g/mol. The topological polar surface area (TPSA) is 87.7 Å². The van der Waals surface area contributed by atoms with Crippen molar-refractivity contribution in [3.8, 4) is 0 Å². The van der Waals surface area contributed by atoms with E-state index in [1.54, 1.807) is 72.3 Å². The second-order valence-electron chi connectivity index (χ2n) is 10.6. The Kier molecular flexibility index (Phi) is 11.8. The van der Waals surface area contributed by atoms with Crippen LogP contribution in [0.25, 0.3) is 0 Å². The van der Waals surface area contributed by atoms with Crippen LogP contribution in [0.2, 0.25) is 0 Å². The normalized spacial score (nSPS) is 11.6. The third kappa shape index (κ3) is 9.54. The van der Waals surface area contributed by atoms with Gasteiger partial charge in [0.05, 0.1) is 9.79 Å². The molecule has 0 radical (unpaired) electrons. The van der Waals surface area contributed by atoms with Crippen LogP contribution < -0.4 is 0 Å². The largest absolute Gasteiger partial charge is 0.264 e. The van der Waals surface area contributed by atoms with Crippen molar-refractivity contribution in [2.24, 2.45) is 0 Å². The van der Waals surface area contributed by atoms with Gasteiger partial charge in [-0.2, -0.15) is 8.61 Å². The van der Waals surface area contributed by atoms with Crippen molar-refractivity contribution in [2.45, 2.75) is 36.0 Å². The average Bonchev–Trinajstić information content (AvgIpc) is 3.63. The first kappa shape index (κ1) is 33.9. The molecule has 4 aromatic carbocycles. The maximum absolute atomic E-state index is 13.1. The third-order valence-electron chi connectivity index (χ3n) is 7.16. The predicted molar refractivity (Wildman–Crippen MR) is 187 cm³/mol. The lowest BCUT2D eigenvalue weighted by atomic mass is 10.2. The molecule has 0 atom stereocenters. The lowest BCUT2D eigenvalue weighted by Gasteiger charge is -2.22. The summed E-state index contributed by atoms with van der Waals surface area (Å²) in [5, 5.41) is 1.95. The van der Waals surface area contributed by atoms with Gasteiger partial charge < -0.3 is 0 Å². The summed E-state index contributed by atoms with van der Waals surface area (Å²) in [6.07, 6.45) is 3.38. The first-order valence-electron chi connectivity index (χ1n) is 14.9. The van der Waals surface area contributed by atoms with Crippen LogP contribution in [0.15, 0.2) is 173 Å². The number of pyridine rings is 1. The number of thiophene rings is 1. The van der Waals surface area contributed by atoms with Crippen LogP contribution in [0.5, 0.6) is 0 Å². The van der Waals surface area contributed by atoms with Gasteiger partial charge in [-0.1, -0.05) is 109 Å². The molecule has 0 unspecified atom stereocenters. The van der Waals surface area contributed by atoms with Gasteiger partial charge in [0.1, 0.15) is 0 Å². The molecule has 6 rings (SSSR count). The summed E-state index contributed by atoms with van der Waals surface area (Å²) in [6.45, 7) is 1.33. The fourth-order valence-corrected chi connectivity index (χ4v) is 8.45. The van der Waals surface area contributed by atoms with Crippen LogP contribution in [0.1, 0.15) is 21.6 Å². The molecule has 0 saturated carbocycles. The number of nitrogens with zero attached hydrogens (tertiary/aromatic N) is 3. The van der Waals surface area contributed by atoms with Gasteiger partial charge in [0.15, 0.2) is 0 Å². The van der Waals surface area contributed by atoms with Crippen LogP contribution in [-0.2, 0) is 46.2 Å². The molecule has 2 heterocycles. The molecule has 240 valence electrons. The molecule has 0 aliphatic heterocycles. The van der Waals surface area contributed by atoms with Crippen LogP contribution in [-0.4, -0.2) is 30.4 Å². The molecule has 0 spiro atoms. The maximum Gasteiger partial charge on any atom is 0.243 e. The summed E-state index contributed by atoms with van der Waals surface area (Å²) in [4.78, 5) is 5.70. The van der Waals surface area contributed by atoms with Crippen LogP contribution in [0.4, 0.5) is 0 Å². The molecule has 0 amide bonds. The van der Waals surface area contributed by atoms with E-state index in [0.29, 0.717) is 36.0 Å². The van der Waals surface area contributed by atoms with E-state index in [1.165, 1.54) is 8.61 Å². The number of benzene rings is 4. The van der Waals surface area contributed by atoms with E-state index in [4.69, 9.17) is 0 Å². The van der Waals surface area contributed by atoms with Gasteiger partial charge in [-0.05, 0) is 58.5 Å². The standard InChI is InChI=1S/C20H19NO2S.C17H16N2O2S2/c22-24(23,20-14-8-3-9-15-20)21(16-18-10-4-1-5-11-18)17-19-12-6-2-7-13-19;20-23(21,17-8-2-1-3-9-17)19(14-16-7-5-11-22-16)13-15-6-4-10-18-12-15/h1-15H,16-17H2;1-12H,13-14H2. The molecular formula is C37H35N3O4S3. The second kappa shape index (κ2) is 16.4. The highest BCUT2D eigenvalue weighted by molar-refractivity contribution is 7.89. The molecule has 47 heavy (non-hydrogen) atoms. The van der Waals surface area contributed by atoms with E-state index < -0.39 is 20.0 Å². The monoisotopic (exact) mass is 681 g/mol. The molecule has 0 saturated heterocycles. The molecule has 0 fully saturated rings. The Labute approximate surface area is 281 Å². The first-order chi connectivity index (χ1) is 22.8. The van der Waals surface area contributed by atoms with Crippen LogP contribution in [0, 0.1) is 0 Å². The maximum atomic E-state index is 13.1. The van der Waals surface area contributed by atoms with Crippen molar-refractivity contribution < 1.29 is 16.8 Å². The van der Waals surface area contributed by atoms with Crippen LogP contribution in [0.3, 0.4) is 0 Å². The summed E-state index contributed by atoms with van der Waals surface area (Å²) < 4.78 is 55.1. The van der Waals surface area contributed by atoms with Gasteiger partial charge in [-0.15, -0.1) is 11.3 Å². The number of rotatable bonds is 12. The van der Waals surface area contributed by atoms with Crippen molar-refractivity contribution >= 4 is 31.4 Å². The fourth-order valence-electron chi connectivity index (χ4n) is 4.78. The van der Waals surface area contributed by atoms with Crippen molar-refractivity contribution in [3.05, 3.63) is 185 Å². The van der Waals surface area contributed by atoms with Gasteiger partial charge in [-0.3, -0.25) is 4.98 Å². The lowest BCUT2D eigenvalue weighted by molar-refractivity contribution is 0.401. The lowest BCUT2D eigenvalue weighted by Crippen LogP contribution is -2.30. The van der Waals surface area contributed by atoms with Gasteiger partial charge in [0, 0.05) is 43.4 Å². The number of sulfonamides is 2. The Morgan fingerprint density at radius 2 is 0.894 bits per heavy atom. The van der Waals surface area contributed by atoms with Crippen molar-refractivity contribution in [3.63, 3.8) is 0 Å². The van der Waals surface area contributed by atoms with E-state index in [2.05, 4.69) is 4.98 Å². The Balaban J connectivity index is 0.000000185. The molecule has 0 N–H and O–H groups in total. The summed E-state index contributed by atoms with van der Waals surface area (Å²) >= 11 is 1.55.